The molecule has 1 aliphatic carbocycles. The van der Waals surface area contributed by atoms with Crippen LogP contribution >= 0.6 is 0 Å². The Balaban J connectivity index is 0.763. The van der Waals surface area contributed by atoms with Crippen LogP contribution in [-0.4, -0.2) is 117 Å². The van der Waals surface area contributed by atoms with E-state index >= 15 is 0 Å². The quantitative estimate of drug-likeness (QED) is 0.0672. The molecule has 0 bridgehead atoms. The third-order valence-corrected chi connectivity index (χ3v) is 15.8. The van der Waals surface area contributed by atoms with E-state index in [1.54, 1.807) is 47.8 Å². The van der Waals surface area contributed by atoms with Gasteiger partial charge in [0.1, 0.15) is 11.5 Å². The van der Waals surface area contributed by atoms with Gasteiger partial charge in [-0.15, -0.1) is 0 Å². The second-order valence-corrected chi connectivity index (χ2v) is 22.2. The second kappa shape index (κ2) is 19.9. The summed E-state index contributed by atoms with van der Waals surface area (Å²) in [5.41, 5.74) is 15.1. The Morgan fingerprint density at radius 2 is 1.66 bits per heavy atom. The lowest BCUT2D eigenvalue weighted by Crippen LogP contribution is -2.57. The first-order chi connectivity index (χ1) is 36.9. The summed E-state index contributed by atoms with van der Waals surface area (Å²) in [5.74, 6) is -0.315. The van der Waals surface area contributed by atoms with Crippen LogP contribution in [0.15, 0.2) is 91.9 Å². The molecular weight excluding hydrogens is 975 g/mol. The molecule has 4 aromatic heterocycles. The molecule has 0 radical (unpaired) electrons. The topological polar surface area (TPSA) is 221 Å². The Morgan fingerprint density at radius 3 is 2.40 bits per heavy atom. The van der Waals surface area contributed by atoms with Crippen LogP contribution in [0.4, 0.5) is 40.1 Å². The summed E-state index contributed by atoms with van der Waals surface area (Å²) >= 11 is 0. The maximum atomic E-state index is 14.1. The van der Waals surface area contributed by atoms with Crippen molar-refractivity contribution in [3.63, 3.8) is 0 Å². The number of hydrogen-bond acceptors (Lipinski definition) is 15. The van der Waals surface area contributed by atoms with E-state index in [2.05, 4.69) is 72.2 Å². The van der Waals surface area contributed by atoms with Gasteiger partial charge >= 0.3 is 0 Å². The number of carbonyl (C=O) groups is 4. The molecule has 1 atom stereocenters. The minimum Gasteiger partial charge on any atom is -0.478 e. The molecule has 19 heteroatoms. The zero-order valence-electron chi connectivity index (χ0n) is 44.5. The molecule has 0 saturated carbocycles. The maximum absolute atomic E-state index is 14.1. The molecule has 6 aromatic rings. The van der Waals surface area contributed by atoms with Gasteiger partial charge in [-0.25, -0.2) is 19.9 Å². The normalized spacial score (nSPS) is 18.6. The standard InChI is InChI=1S/C58H65N13O6/c1-8-50(73)64-44-26-36(63-51-53(77-7)62-31-45(65-51)40-14-18-61-52(43(40)33-72)70-24-23-69-47(56(70)76)25-35-29-57(3,4)30-48(35)69)9-12-46(44)68-22-21-67(32-34(68)2)37-15-19-66(20-16-37)38-10-11-41-42(27-38)55(75)71(54(41)74)39-13-17-60-49(28-39)58(5,6)59/h8-14,17-18,25-28,31,34,37,72H,1,15-16,19-24,29-30,32-33,59H2,2-7H3,(H,63,65)(H,64,73). The number of methoxy groups -OCH3 is 1. The number of amides is 4. The molecule has 1 unspecified atom stereocenters. The van der Waals surface area contributed by atoms with E-state index < -0.39 is 5.54 Å². The Labute approximate surface area is 447 Å². The lowest BCUT2D eigenvalue weighted by Gasteiger charge is -2.47. The third kappa shape index (κ3) is 9.45. The number of nitrogens with two attached hydrogens (primary N) is 1. The number of rotatable bonds is 13. The molecule has 77 heavy (non-hydrogen) atoms. The number of pyridine rings is 2. The largest absolute Gasteiger partial charge is 0.478 e. The van der Waals surface area contributed by atoms with Gasteiger partial charge in [0, 0.05) is 98.5 Å². The van der Waals surface area contributed by atoms with Crippen LogP contribution < -0.4 is 40.7 Å². The number of hydrogen-bond donors (Lipinski definition) is 4. The van der Waals surface area contributed by atoms with Crippen molar-refractivity contribution < 1.29 is 29.0 Å². The van der Waals surface area contributed by atoms with Crippen molar-refractivity contribution in [3.05, 3.63) is 131 Å². The Hall–Kier alpha value is -8.00. The van der Waals surface area contributed by atoms with Gasteiger partial charge in [0.2, 0.25) is 5.91 Å². The minimum absolute atomic E-state index is 0.100. The fourth-order valence-electron chi connectivity index (χ4n) is 12.0. The van der Waals surface area contributed by atoms with Gasteiger partial charge in [0.05, 0.1) is 65.0 Å². The number of fused-ring (bicyclic) bond motifs is 4. The van der Waals surface area contributed by atoms with Crippen molar-refractivity contribution in [3.8, 4) is 17.1 Å². The van der Waals surface area contributed by atoms with Crippen molar-refractivity contribution in [2.75, 3.05) is 76.6 Å². The molecule has 19 nitrogen and oxygen atoms in total. The zero-order chi connectivity index (χ0) is 54.1. The Morgan fingerprint density at radius 1 is 0.883 bits per heavy atom. The summed E-state index contributed by atoms with van der Waals surface area (Å²) in [4.78, 5) is 83.0. The summed E-state index contributed by atoms with van der Waals surface area (Å²) in [6, 6.07) is 18.9. The van der Waals surface area contributed by atoms with Gasteiger partial charge in [-0.3, -0.25) is 34.0 Å². The molecule has 2 aromatic carbocycles. The van der Waals surface area contributed by atoms with Gasteiger partial charge in [0.15, 0.2) is 5.82 Å². The summed E-state index contributed by atoms with van der Waals surface area (Å²) in [5, 5.41) is 17.3. The highest BCUT2D eigenvalue weighted by molar-refractivity contribution is 6.34. The number of nitrogens with one attached hydrogen (secondary N) is 2. The van der Waals surface area contributed by atoms with Gasteiger partial charge in [0.25, 0.3) is 23.6 Å². The van der Waals surface area contributed by atoms with Crippen molar-refractivity contribution in [2.24, 2.45) is 11.1 Å². The fourth-order valence-corrected chi connectivity index (χ4v) is 12.0. The number of imide groups is 1. The molecule has 4 amide bonds. The predicted molar refractivity (Wildman–Crippen MR) is 296 cm³/mol. The van der Waals surface area contributed by atoms with Crippen LogP contribution in [0.5, 0.6) is 5.88 Å². The summed E-state index contributed by atoms with van der Waals surface area (Å²) < 4.78 is 7.83. The van der Waals surface area contributed by atoms with Gasteiger partial charge in [-0.05, 0) is 124 Å². The number of piperazine rings is 1. The summed E-state index contributed by atoms with van der Waals surface area (Å²) in [6.45, 7) is 18.7. The molecule has 2 saturated heterocycles. The molecule has 8 heterocycles. The van der Waals surface area contributed by atoms with Crippen LogP contribution in [0, 0.1) is 5.41 Å². The number of aliphatic hydroxyl groups excluding tert-OH is 1. The van der Waals surface area contributed by atoms with Crippen LogP contribution in [0.25, 0.3) is 11.3 Å². The second-order valence-electron chi connectivity index (χ2n) is 22.2. The van der Waals surface area contributed by atoms with Crippen LogP contribution in [0.3, 0.4) is 0 Å². The van der Waals surface area contributed by atoms with E-state index in [1.807, 2.05) is 50.2 Å². The lowest BCUT2D eigenvalue weighted by atomic mass is 9.90. The molecule has 2 fully saturated rings. The van der Waals surface area contributed by atoms with Crippen molar-refractivity contribution >= 4 is 63.7 Å². The van der Waals surface area contributed by atoms with Crippen LogP contribution in [0.1, 0.15) is 101 Å². The van der Waals surface area contributed by atoms with Crippen molar-refractivity contribution in [1.29, 1.82) is 0 Å². The number of aromatic nitrogens is 5. The van der Waals surface area contributed by atoms with Crippen LogP contribution in [-0.2, 0) is 36.3 Å². The lowest BCUT2D eigenvalue weighted by molar-refractivity contribution is -0.111. The average molecular weight is 1040 g/mol. The fraction of sp³-hybridized carbons (Fsp3) is 0.379. The van der Waals surface area contributed by atoms with Gasteiger partial charge < -0.3 is 40.6 Å². The smallest absolute Gasteiger partial charge is 0.276 e. The monoisotopic (exact) mass is 1040 g/mol. The first kappa shape index (κ1) is 51.1. The first-order valence-electron chi connectivity index (χ1n) is 26.3. The SMILES string of the molecule is C=CC(=O)Nc1cc(Nc2nc(-c3ccnc(N4CCn5c(cc6c5CC(C)(C)C6)C4=O)c3CO)cnc2OC)ccc1N1CCN(C2CCN(c3ccc4c(c3)C(=O)N(c3ccnc(C(C)(C)N)c3)C4=O)CC2)CC1C. The number of nitrogens with zero attached hydrogens (tertiary/aromatic N) is 10. The maximum Gasteiger partial charge on any atom is 0.276 e. The van der Waals surface area contributed by atoms with E-state index in [4.69, 9.17) is 15.5 Å². The number of carbonyl (C=O) groups excluding carboxylic acids is 4. The van der Waals surface area contributed by atoms with E-state index in [0.29, 0.717) is 87.2 Å². The van der Waals surface area contributed by atoms with E-state index in [1.165, 1.54) is 29.3 Å². The number of anilines is 7. The molecule has 5 aliphatic rings. The molecule has 11 rings (SSSR count). The average Bonchev–Trinajstić information content (AvgIpc) is 4.22. The number of aliphatic hydroxyl groups is 1. The number of benzene rings is 2. The molecule has 398 valence electrons. The third-order valence-electron chi connectivity index (χ3n) is 15.8. The van der Waals surface area contributed by atoms with Gasteiger partial charge in [-0.1, -0.05) is 20.4 Å². The van der Waals surface area contributed by atoms with E-state index in [0.717, 1.165) is 69.8 Å². The summed E-state index contributed by atoms with van der Waals surface area (Å²) in [6.07, 6.45) is 9.73. The van der Waals surface area contributed by atoms with Crippen molar-refractivity contribution in [2.45, 2.75) is 91.1 Å². The van der Waals surface area contributed by atoms with E-state index in [9.17, 15) is 24.3 Å². The number of ether oxygens (including phenoxy) is 1. The van der Waals surface area contributed by atoms with E-state index in [-0.39, 0.29) is 47.6 Å². The van der Waals surface area contributed by atoms with Crippen LogP contribution in [0.2, 0.25) is 0 Å². The predicted octanol–water partition coefficient (Wildman–Crippen LogP) is 7.06. The highest BCUT2D eigenvalue weighted by Gasteiger charge is 2.40. The Kier molecular flexibility index (Phi) is 13.2. The zero-order valence-corrected chi connectivity index (χ0v) is 44.5. The van der Waals surface area contributed by atoms with Gasteiger partial charge in [-0.2, -0.15) is 0 Å². The molecular formula is C58H65N13O6. The number of piperidine rings is 1. The highest BCUT2D eigenvalue weighted by Crippen LogP contribution is 2.42. The Bertz CT molecular complexity index is 3370. The first-order valence-corrected chi connectivity index (χ1v) is 26.3. The molecule has 5 N–H and O–H groups in total. The molecule has 4 aliphatic heterocycles. The van der Waals surface area contributed by atoms with Crippen molar-refractivity contribution in [1.82, 2.24) is 29.4 Å². The minimum atomic E-state index is -0.739. The highest BCUT2D eigenvalue weighted by atomic mass is 16.5. The molecule has 0 spiro atoms. The summed E-state index contributed by atoms with van der Waals surface area (Å²) in [7, 11) is 1.51.